The highest BCUT2D eigenvalue weighted by atomic mass is 32.2. The molecule has 0 radical (unpaired) electrons. The molecule has 0 spiro atoms. The van der Waals surface area contributed by atoms with Crippen LogP contribution in [-0.4, -0.2) is 96.7 Å². The maximum atomic E-state index is 11.3. The highest BCUT2D eigenvalue weighted by molar-refractivity contribution is 7.98. The number of carbonyl (C=O) groups is 1. The summed E-state index contributed by atoms with van der Waals surface area (Å²) in [7, 11) is -4.02. The molecule has 4 rings (SSSR count). The molecule has 38 heavy (non-hydrogen) atoms. The van der Waals surface area contributed by atoms with Crippen molar-refractivity contribution in [3.63, 3.8) is 0 Å². The third kappa shape index (κ3) is 7.16. The van der Waals surface area contributed by atoms with E-state index in [4.69, 9.17) is 15.0 Å². The molecule has 3 heterocycles. The van der Waals surface area contributed by atoms with E-state index in [1.807, 2.05) is 13.2 Å². The van der Waals surface area contributed by atoms with Crippen molar-refractivity contribution in [2.45, 2.75) is 48.8 Å². The number of thioether (sulfide) groups is 1. The van der Waals surface area contributed by atoms with Gasteiger partial charge in [-0.25, -0.2) is 15.0 Å². The molecule has 0 aliphatic carbocycles. The second-order valence-corrected chi connectivity index (χ2v) is 10.9. The number of aliphatic hydroxyl groups is 2. The van der Waals surface area contributed by atoms with Gasteiger partial charge in [-0.15, -0.1) is 0 Å². The van der Waals surface area contributed by atoms with Crippen LogP contribution in [0.5, 0.6) is 0 Å². The van der Waals surface area contributed by atoms with Gasteiger partial charge in [-0.1, -0.05) is 17.7 Å². The number of anilines is 1. The third-order valence-corrected chi connectivity index (χ3v) is 7.30. The number of fused-ring (bicyclic) bond motifs is 1. The van der Waals surface area contributed by atoms with Gasteiger partial charge in [0.1, 0.15) is 36.2 Å². The summed E-state index contributed by atoms with van der Waals surface area (Å²) in [5, 5.41) is 32.9. The van der Waals surface area contributed by atoms with Gasteiger partial charge < -0.3 is 31.1 Å². The van der Waals surface area contributed by atoms with E-state index in [1.165, 1.54) is 29.4 Å². The molecular weight excluding hydrogens is 540 g/mol. The van der Waals surface area contributed by atoms with Gasteiger partial charge in [-0.05, 0) is 37.5 Å². The number of aryl methyl sites for hydroxylation is 1. The summed E-state index contributed by atoms with van der Waals surface area (Å²) in [6, 6.07) is 5.23. The first kappa shape index (κ1) is 29.7. The molecule has 0 saturated carbocycles. The molecule has 1 aliphatic heterocycles. The monoisotopic (exact) mass is 570 g/mol. The lowest BCUT2D eigenvalue weighted by Gasteiger charge is -2.19. The fraction of sp³-hybridized carbons (Fsp3) is 0.455. The number of carboxylic acid groups (broad SMARTS) is 1. The smallest absolute Gasteiger partial charge is 0.320 e. The molecule has 0 amide bonds. The van der Waals surface area contributed by atoms with E-state index in [0.717, 1.165) is 5.56 Å². The van der Waals surface area contributed by atoms with E-state index in [2.05, 4.69) is 20.3 Å². The summed E-state index contributed by atoms with van der Waals surface area (Å²) >= 11 is 1.55. The van der Waals surface area contributed by atoms with Crippen molar-refractivity contribution in [3.05, 3.63) is 42.5 Å². The van der Waals surface area contributed by atoms with Gasteiger partial charge in [-0.3, -0.25) is 13.9 Å². The molecule has 14 nitrogen and oxygen atoms in total. The average Bonchev–Trinajstić information content (AvgIpc) is 3.41. The van der Waals surface area contributed by atoms with Gasteiger partial charge in [0.2, 0.25) is 0 Å². The van der Waals surface area contributed by atoms with Crippen LogP contribution in [0.1, 0.15) is 18.2 Å². The van der Waals surface area contributed by atoms with Crippen molar-refractivity contribution in [2.75, 3.05) is 24.3 Å². The summed E-state index contributed by atoms with van der Waals surface area (Å²) in [6.45, 7) is 1.91. The van der Waals surface area contributed by atoms with E-state index < -0.39 is 46.7 Å². The van der Waals surface area contributed by atoms with Crippen LogP contribution >= 0.6 is 11.8 Å². The average molecular weight is 571 g/mol. The highest BCUT2D eigenvalue weighted by Crippen LogP contribution is 2.31. The van der Waals surface area contributed by atoms with Crippen molar-refractivity contribution in [3.8, 4) is 0 Å². The molecule has 1 fully saturated rings. The van der Waals surface area contributed by atoms with Crippen LogP contribution in [0.3, 0.4) is 0 Å². The fourth-order valence-electron chi connectivity index (χ4n) is 3.70. The molecular formula is C22H30N6O8S2. The van der Waals surface area contributed by atoms with E-state index in [1.54, 1.807) is 23.9 Å². The number of rotatable bonds is 9. The van der Waals surface area contributed by atoms with Gasteiger partial charge in [0.15, 0.2) is 17.7 Å². The lowest BCUT2D eigenvalue weighted by atomic mass is 10.1. The SMILES string of the molecule is CSCCC(NC[C@H]1O[C@@H](n2cnc3c(N)ncnc32)[C@H](O)[C@@H]1O)C(=O)O.Cc1ccc(S(=O)(=O)O)cc1. The van der Waals surface area contributed by atoms with E-state index in [-0.39, 0.29) is 17.3 Å². The van der Waals surface area contributed by atoms with Gasteiger partial charge in [0.05, 0.1) is 11.2 Å². The van der Waals surface area contributed by atoms with Crippen molar-refractivity contribution in [2.24, 2.45) is 0 Å². The van der Waals surface area contributed by atoms with Crippen LogP contribution in [0.25, 0.3) is 11.2 Å². The predicted molar refractivity (Wildman–Crippen MR) is 139 cm³/mol. The maximum Gasteiger partial charge on any atom is 0.320 e. The molecule has 1 aliphatic rings. The zero-order valence-electron chi connectivity index (χ0n) is 20.6. The minimum absolute atomic E-state index is 0.0666. The number of ether oxygens (including phenoxy) is 1. The zero-order chi connectivity index (χ0) is 28.0. The lowest BCUT2D eigenvalue weighted by molar-refractivity contribution is -0.139. The van der Waals surface area contributed by atoms with Crippen molar-refractivity contribution in [1.29, 1.82) is 0 Å². The number of hydrogen-bond acceptors (Lipinski definition) is 12. The van der Waals surface area contributed by atoms with Gasteiger partial charge in [0, 0.05) is 6.54 Å². The first-order valence-electron chi connectivity index (χ1n) is 11.4. The van der Waals surface area contributed by atoms with E-state index in [0.29, 0.717) is 23.3 Å². The maximum absolute atomic E-state index is 11.3. The molecule has 1 aromatic carbocycles. The van der Waals surface area contributed by atoms with Crippen LogP contribution in [0.4, 0.5) is 5.82 Å². The Hall–Kier alpha value is -2.86. The number of nitrogen functional groups attached to an aromatic ring is 1. The van der Waals surface area contributed by atoms with Crippen molar-refractivity contribution >= 4 is 44.8 Å². The van der Waals surface area contributed by atoms with Crippen molar-refractivity contribution < 1.29 is 37.8 Å². The van der Waals surface area contributed by atoms with Crippen LogP contribution in [0.2, 0.25) is 0 Å². The van der Waals surface area contributed by atoms with E-state index in [9.17, 15) is 28.5 Å². The molecule has 1 saturated heterocycles. The van der Waals surface area contributed by atoms with Gasteiger partial charge in [0.25, 0.3) is 10.1 Å². The summed E-state index contributed by atoms with van der Waals surface area (Å²) in [4.78, 5) is 23.3. The Kier molecular flexibility index (Phi) is 10.00. The van der Waals surface area contributed by atoms with E-state index >= 15 is 0 Å². The summed E-state index contributed by atoms with van der Waals surface area (Å²) in [5.74, 6) is -0.0876. The normalized spacial score (nSPS) is 22.1. The second kappa shape index (κ2) is 12.8. The zero-order valence-corrected chi connectivity index (χ0v) is 22.2. The number of aromatic nitrogens is 4. The number of nitrogens with zero attached hydrogens (tertiary/aromatic N) is 4. The predicted octanol–water partition coefficient (Wildman–Crippen LogP) is 0.0653. The Labute approximate surface area is 223 Å². The van der Waals surface area contributed by atoms with Gasteiger partial charge in [-0.2, -0.15) is 20.2 Å². The minimum atomic E-state index is -4.02. The lowest BCUT2D eigenvalue weighted by Crippen LogP contribution is -2.44. The standard InChI is InChI=1S/C15H22N6O5S.C7H8O3S/c1-27-3-2-7(15(24)25)17-4-8-10(22)11(23)14(26-8)21-6-20-9-12(16)18-5-19-13(9)21;1-6-2-4-7(5-3-6)11(8,9)10/h5-8,10-11,14,17,22-23H,2-4H2,1H3,(H,24,25)(H2,16,18,19);2-5H,1H3,(H,8,9,10)/t7?,8-,10-,11-,14-;/m1./s1. The molecule has 3 aromatic rings. The second-order valence-electron chi connectivity index (χ2n) is 8.50. The quantitative estimate of drug-likeness (QED) is 0.187. The molecule has 0 bridgehead atoms. The Balaban J connectivity index is 0.000000304. The van der Waals surface area contributed by atoms with Gasteiger partial charge >= 0.3 is 5.97 Å². The molecule has 2 aromatic heterocycles. The Morgan fingerprint density at radius 3 is 2.50 bits per heavy atom. The Morgan fingerprint density at radius 2 is 1.89 bits per heavy atom. The van der Waals surface area contributed by atoms with Crippen LogP contribution in [-0.2, 0) is 19.6 Å². The number of nitrogens with one attached hydrogen (secondary N) is 1. The summed E-state index contributed by atoms with van der Waals surface area (Å²) in [6.07, 6.45) is 0.858. The molecule has 208 valence electrons. The number of aliphatic carboxylic acids is 1. The highest BCUT2D eigenvalue weighted by Gasteiger charge is 2.44. The molecule has 5 atom stereocenters. The number of benzene rings is 1. The number of nitrogens with two attached hydrogens (primary N) is 1. The summed E-state index contributed by atoms with van der Waals surface area (Å²) < 4.78 is 36.8. The number of aliphatic hydroxyl groups excluding tert-OH is 2. The Morgan fingerprint density at radius 1 is 1.21 bits per heavy atom. The fourth-order valence-corrected chi connectivity index (χ4v) is 4.65. The summed E-state index contributed by atoms with van der Waals surface area (Å²) in [5.41, 5.74) is 7.45. The topological polar surface area (TPSA) is 223 Å². The minimum Gasteiger partial charge on any atom is -0.480 e. The first-order chi connectivity index (χ1) is 17.9. The molecule has 1 unspecified atom stereocenters. The molecule has 7 N–H and O–H groups in total. The third-order valence-electron chi connectivity index (χ3n) is 5.79. The Bertz CT molecular complexity index is 1340. The number of imidazole rings is 1. The first-order valence-corrected chi connectivity index (χ1v) is 14.2. The largest absolute Gasteiger partial charge is 0.480 e. The van der Waals surface area contributed by atoms with Crippen LogP contribution < -0.4 is 11.1 Å². The number of hydrogen-bond donors (Lipinski definition) is 6. The number of carboxylic acids is 1. The molecule has 16 heteroatoms. The van der Waals surface area contributed by atoms with Crippen LogP contribution in [0, 0.1) is 6.92 Å². The van der Waals surface area contributed by atoms with Crippen LogP contribution in [0.15, 0.2) is 41.8 Å². The van der Waals surface area contributed by atoms with Crippen molar-refractivity contribution in [1.82, 2.24) is 24.8 Å².